The summed E-state index contributed by atoms with van der Waals surface area (Å²) in [5, 5.41) is 2.90. The van der Waals surface area contributed by atoms with Gasteiger partial charge in [0.05, 0.1) is 16.9 Å². The zero-order chi connectivity index (χ0) is 19.3. The Hall–Kier alpha value is -2.93. The molecule has 28 heavy (non-hydrogen) atoms. The van der Waals surface area contributed by atoms with Crippen LogP contribution < -0.4 is 10.2 Å². The predicted molar refractivity (Wildman–Crippen MR) is 107 cm³/mol. The Morgan fingerprint density at radius 3 is 2.64 bits per heavy atom. The Morgan fingerprint density at radius 1 is 1.11 bits per heavy atom. The second-order valence-electron chi connectivity index (χ2n) is 8.12. The average Bonchev–Trinajstić information content (AvgIpc) is 2.81. The van der Waals surface area contributed by atoms with Crippen LogP contribution in [-0.4, -0.2) is 59.9 Å². The van der Waals surface area contributed by atoms with Gasteiger partial charge >= 0.3 is 6.03 Å². The summed E-state index contributed by atoms with van der Waals surface area (Å²) in [4.78, 5) is 36.4. The summed E-state index contributed by atoms with van der Waals surface area (Å²) in [6.07, 6.45) is 3.87. The molecule has 3 aliphatic rings. The summed E-state index contributed by atoms with van der Waals surface area (Å²) in [5.74, 6) is 0.139. The lowest BCUT2D eigenvalue weighted by Gasteiger charge is -2.54. The lowest BCUT2D eigenvalue weighted by Crippen LogP contribution is -2.63. The first-order chi connectivity index (χ1) is 13.6. The highest BCUT2D eigenvalue weighted by Gasteiger charge is 2.48. The number of likely N-dealkylation sites (tertiary alicyclic amines) is 2. The number of hydrogen-bond acceptors (Lipinski definition) is 4. The van der Waals surface area contributed by atoms with Crippen LogP contribution in [0.4, 0.5) is 22.0 Å². The first-order valence-electron chi connectivity index (χ1n) is 9.69. The van der Waals surface area contributed by atoms with Crippen LogP contribution in [0.3, 0.4) is 0 Å². The molecule has 144 valence electrons. The molecule has 1 N–H and O–H groups in total. The number of pyridine rings is 1. The number of piperidine rings is 1. The number of nitrogens with one attached hydrogen (secondary N) is 1. The van der Waals surface area contributed by atoms with Crippen LogP contribution in [0.25, 0.3) is 0 Å². The number of urea groups is 1. The molecule has 4 heterocycles. The summed E-state index contributed by atoms with van der Waals surface area (Å²) in [6.45, 7) is 3.69. The molecule has 2 fully saturated rings. The van der Waals surface area contributed by atoms with Gasteiger partial charge < -0.3 is 15.1 Å². The first kappa shape index (κ1) is 17.2. The highest BCUT2D eigenvalue weighted by Crippen LogP contribution is 2.43. The van der Waals surface area contributed by atoms with Gasteiger partial charge in [-0.15, -0.1) is 0 Å². The lowest BCUT2D eigenvalue weighted by molar-refractivity contribution is -0.0141. The van der Waals surface area contributed by atoms with E-state index in [0.717, 1.165) is 39.0 Å². The molecule has 2 aromatic rings. The molecular formula is C21H23N5O2. The molecule has 5 rings (SSSR count). The van der Waals surface area contributed by atoms with E-state index in [9.17, 15) is 9.59 Å². The third-order valence-electron chi connectivity index (χ3n) is 6.20. The van der Waals surface area contributed by atoms with Crippen LogP contribution in [0, 0.1) is 5.41 Å². The van der Waals surface area contributed by atoms with Crippen molar-refractivity contribution in [1.82, 2.24) is 14.8 Å². The van der Waals surface area contributed by atoms with Crippen LogP contribution in [0.2, 0.25) is 0 Å². The molecule has 7 nitrogen and oxygen atoms in total. The van der Waals surface area contributed by atoms with Crippen LogP contribution in [0.5, 0.6) is 0 Å². The molecule has 3 aliphatic heterocycles. The molecule has 0 radical (unpaired) electrons. The van der Waals surface area contributed by atoms with E-state index in [1.54, 1.807) is 23.2 Å². The topological polar surface area (TPSA) is 68.8 Å². The van der Waals surface area contributed by atoms with Crippen molar-refractivity contribution in [3.63, 3.8) is 0 Å². The van der Waals surface area contributed by atoms with Gasteiger partial charge in [-0.25, -0.2) is 14.7 Å². The number of fused-ring (bicyclic) bond motifs is 2. The third-order valence-corrected chi connectivity index (χ3v) is 6.20. The fourth-order valence-electron chi connectivity index (χ4n) is 4.47. The fraction of sp³-hybridized carbons (Fsp3) is 0.381. The van der Waals surface area contributed by atoms with Crippen molar-refractivity contribution in [1.29, 1.82) is 0 Å². The fourth-order valence-corrected chi connectivity index (χ4v) is 4.47. The summed E-state index contributed by atoms with van der Waals surface area (Å²) < 4.78 is 0. The van der Waals surface area contributed by atoms with Crippen LogP contribution in [0.15, 0.2) is 42.6 Å². The second kappa shape index (κ2) is 6.31. The Kier molecular flexibility index (Phi) is 3.87. The van der Waals surface area contributed by atoms with Gasteiger partial charge in [0.15, 0.2) is 5.82 Å². The Balaban J connectivity index is 1.48. The number of amides is 3. The van der Waals surface area contributed by atoms with Gasteiger partial charge in [0, 0.05) is 24.7 Å². The number of hydrogen-bond donors (Lipinski definition) is 1. The van der Waals surface area contributed by atoms with Crippen molar-refractivity contribution in [2.24, 2.45) is 5.41 Å². The monoisotopic (exact) mass is 377 g/mol. The molecule has 0 atom stereocenters. The maximum atomic E-state index is 13.5. The SMILES string of the molecule is CN1CCC2(CC1)CN(C(=O)N1c3ccccc3NC(=O)c3cccnc31)C2. The molecule has 1 aromatic carbocycles. The van der Waals surface area contributed by atoms with Crippen molar-refractivity contribution < 1.29 is 9.59 Å². The van der Waals surface area contributed by atoms with E-state index in [2.05, 4.69) is 22.2 Å². The molecule has 3 amide bonds. The summed E-state index contributed by atoms with van der Waals surface area (Å²) in [6, 6.07) is 10.7. The number of aromatic nitrogens is 1. The number of para-hydroxylation sites is 2. The van der Waals surface area contributed by atoms with Gasteiger partial charge in [-0.1, -0.05) is 12.1 Å². The lowest BCUT2D eigenvalue weighted by atomic mass is 9.72. The molecule has 0 saturated carbocycles. The maximum Gasteiger partial charge on any atom is 0.330 e. The standard InChI is InChI=1S/C21H23N5O2/c1-24-11-8-21(9-12-24)13-25(14-21)20(28)26-17-7-3-2-6-16(17)23-19(27)15-5-4-10-22-18(15)26/h2-7,10H,8-9,11-14H2,1H3,(H,23,27). The molecule has 2 saturated heterocycles. The molecule has 0 bridgehead atoms. The van der Waals surface area contributed by atoms with E-state index in [0.29, 0.717) is 22.8 Å². The largest absolute Gasteiger partial charge is 0.330 e. The highest BCUT2D eigenvalue weighted by molar-refractivity contribution is 6.16. The number of benzene rings is 1. The van der Waals surface area contributed by atoms with E-state index in [4.69, 9.17) is 0 Å². The average molecular weight is 377 g/mol. The van der Waals surface area contributed by atoms with Crippen molar-refractivity contribution >= 4 is 29.1 Å². The van der Waals surface area contributed by atoms with Crippen molar-refractivity contribution in [2.75, 3.05) is 43.4 Å². The zero-order valence-corrected chi connectivity index (χ0v) is 15.9. The van der Waals surface area contributed by atoms with Gasteiger partial charge in [0.25, 0.3) is 5.91 Å². The van der Waals surface area contributed by atoms with Crippen LogP contribution in [0.1, 0.15) is 23.2 Å². The maximum absolute atomic E-state index is 13.5. The number of anilines is 3. The van der Waals surface area contributed by atoms with Crippen molar-refractivity contribution in [3.05, 3.63) is 48.2 Å². The molecular weight excluding hydrogens is 354 g/mol. The van der Waals surface area contributed by atoms with E-state index in [-0.39, 0.29) is 17.4 Å². The van der Waals surface area contributed by atoms with Gasteiger partial charge in [-0.2, -0.15) is 0 Å². The number of rotatable bonds is 0. The van der Waals surface area contributed by atoms with E-state index in [1.165, 1.54) is 0 Å². The van der Waals surface area contributed by atoms with E-state index < -0.39 is 0 Å². The van der Waals surface area contributed by atoms with E-state index in [1.807, 2.05) is 29.2 Å². The number of carbonyl (C=O) groups is 2. The summed E-state index contributed by atoms with van der Waals surface area (Å²) >= 11 is 0. The van der Waals surface area contributed by atoms with Crippen LogP contribution >= 0.6 is 0 Å². The summed E-state index contributed by atoms with van der Waals surface area (Å²) in [5.41, 5.74) is 1.92. The van der Waals surface area contributed by atoms with E-state index >= 15 is 0 Å². The Labute approximate surface area is 163 Å². The molecule has 0 aliphatic carbocycles. The predicted octanol–water partition coefficient (Wildman–Crippen LogP) is 2.93. The molecule has 1 aromatic heterocycles. The van der Waals surface area contributed by atoms with Crippen LogP contribution in [-0.2, 0) is 0 Å². The van der Waals surface area contributed by atoms with Gasteiger partial charge in [-0.05, 0) is 57.2 Å². The number of nitrogens with zero attached hydrogens (tertiary/aromatic N) is 4. The minimum absolute atomic E-state index is 0.117. The quantitative estimate of drug-likeness (QED) is 0.766. The van der Waals surface area contributed by atoms with Crippen molar-refractivity contribution in [3.8, 4) is 0 Å². The zero-order valence-electron chi connectivity index (χ0n) is 15.9. The second-order valence-corrected chi connectivity index (χ2v) is 8.12. The minimum Gasteiger partial charge on any atom is -0.323 e. The third kappa shape index (κ3) is 2.65. The van der Waals surface area contributed by atoms with Crippen molar-refractivity contribution in [2.45, 2.75) is 12.8 Å². The normalized spacial score (nSPS) is 20.7. The smallest absolute Gasteiger partial charge is 0.323 e. The van der Waals surface area contributed by atoms with Gasteiger partial charge in [0.1, 0.15) is 0 Å². The summed E-state index contributed by atoms with van der Waals surface area (Å²) in [7, 11) is 2.15. The molecule has 1 spiro atoms. The number of carbonyl (C=O) groups excluding carboxylic acids is 2. The van der Waals surface area contributed by atoms with Gasteiger partial charge in [0.2, 0.25) is 0 Å². The molecule has 0 unspecified atom stereocenters. The minimum atomic E-state index is -0.249. The Morgan fingerprint density at radius 2 is 1.86 bits per heavy atom. The molecule has 7 heteroatoms. The first-order valence-corrected chi connectivity index (χ1v) is 9.69. The Bertz CT molecular complexity index is 943. The highest BCUT2D eigenvalue weighted by atomic mass is 16.2. The van der Waals surface area contributed by atoms with Gasteiger partial charge in [-0.3, -0.25) is 4.79 Å².